The van der Waals surface area contributed by atoms with Crippen molar-refractivity contribution in [1.29, 1.82) is 0 Å². The maximum atomic E-state index is 10.0. The van der Waals surface area contributed by atoms with Crippen LogP contribution in [0.1, 0.15) is 12.5 Å². The lowest BCUT2D eigenvalue weighted by Gasteiger charge is -1.90. The second kappa shape index (κ2) is 5.86. The molecule has 0 aliphatic carbocycles. The Bertz CT molecular complexity index is 319. The van der Waals surface area contributed by atoms with E-state index in [-0.39, 0.29) is 6.10 Å². The second-order valence-corrected chi connectivity index (χ2v) is 3.10. The molecular formula is C12H14O3. The Morgan fingerprint density at radius 2 is 2.07 bits per heavy atom. The Labute approximate surface area is 89.3 Å². The normalized spacial score (nSPS) is 18.2. The first-order chi connectivity index (χ1) is 7.22. The minimum Gasteiger partial charge on any atom is -0.430 e. The molecule has 1 aromatic carbocycles. The van der Waals surface area contributed by atoms with E-state index in [9.17, 15) is 4.79 Å². The number of benzene rings is 1. The number of hydrogen-bond donors (Lipinski definition) is 0. The lowest BCUT2D eigenvalue weighted by atomic mass is 10.2. The molecule has 1 unspecified atom stereocenters. The van der Waals surface area contributed by atoms with Crippen LogP contribution in [0.4, 0.5) is 4.79 Å². The molecule has 0 N–H and O–H groups in total. The SMILES string of the molecule is C=Cc1ccccc1.CC1COC(=O)O1. The summed E-state index contributed by atoms with van der Waals surface area (Å²) in [5.74, 6) is 0. The number of cyclic esters (lactones) is 2. The van der Waals surface area contributed by atoms with Crippen molar-refractivity contribution in [1.82, 2.24) is 0 Å². The van der Waals surface area contributed by atoms with E-state index in [2.05, 4.69) is 16.1 Å². The molecule has 0 bridgehead atoms. The van der Waals surface area contributed by atoms with Gasteiger partial charge in [0.2, 0.25) is 0 Å². The van der Waals surface area contributed by atoms with Crippen LogP contribution in [0, 0.1) is 0 Å². The van der Waals surface area contributed by atoms with Crippen molar-refractivity contribution in [2.75, 3.05) is 6.61 Å². The van der Waals surface area contributed by atoms with Gasteiger partial charge in [-0.15, -0.1) is 0 Å². The van der Waals surface area contributed by atoms with Gasteiger partial charge in [-0.25, -0.2) is 4.79 Å². The van der Waals surface area contributed by atoms with E-state index in [4.69, 9.17) is 0 Å². The summed E-state index contributed by atoms with van der Waals surface area (Å²) < 4.78 is 8.90. The maximum Gasteiger partial charge on any atom is 0.508 e. The first-order valence-electron chi connectivity index (χ1n) is 4.73. The third-order valence-corrected chi connectivity index (χ3v) is 1.77. The monoisotopic (exact) mass is 206 g/mol. The Morgan fingerprint density at radius 1 is 1.40 bits per heavy atom. The van der Waals surface area contributed by atoms with E-state index in [0.717, 1.165) is 0 Å². The predicted octanol–water partition coefficient (Wildman–Crippen LogP) is 2.87. The lowest BCUT2D eigenvalue weighted by molar-refractivity contribution is 0.121. The van der Waals surface area contributed by atoms with Crippen LogP contribution in [-0.4, -0.2) is 18.9 Å². The molecule has 0 radical (unpaired) electrons. The fraction of sp³-hybridized carbons (Fsp3) is 0.250. The highest BCUT2D eigenvalue weighted by Gasteiger charge is 2.19. The van der Waals surface area contributed by atoms with E-state index in [0.29, 0.717) is 6.61 Å². The Hall–Kier alpha value is -1.77. The molecular weight excluding hydrogens is 192 g/mol. The molecule has 3 heteroatoms. The average molecular weight is 206 g/mol. The van der Waals surface area contributed by atoms with E-state index in [1.54, 1.807) is 6.92 Å². The summed E-state index contributed by atoms with van der Waals surface area (Å²) in [5.41, 5.74) is 1.17. The second-order valence-electron chi connectivity index (χ2n) is 3.10. The molecule has 1 aliphatic rings. The molecule has 0 saturated carbocycles. The van der Waals surface area contributed by atoms with Gasteiger partial charge in [0, 0.05) is 0 Å². The zero-order valence-corrected chi connectivity index (χ0v) is 8.68. The van der Waals surface area contributed by atoms with Crippen LogP contribution >= 0.6 is 0 Å². The summed E-state index contributed by atoms with van der Waals surface area (Å²) in [4.78, 5) is 10.0. The van der Waals surface area contributed by atoms with Crippen molar-refractivity contribution < 1.29 is 14.3 Å². The summed E-state index contributed by atoms with van der Waals surface area (Å²) in [6.07, 6.45) is 1.24. The third kappa shape index (κ3) is 4.31. The minimum absolute atomic E-state index is 0.0486. The molecule has 0 amide bonds. The third-order valence-electron chi connectivity index (χ3n) is 1.77. The number of carbonyl (C=O) groups excluding carboxylic acids is 1. The van der Waals surface area contributed by atoms with Gasteiger partial charge >= 0.3 is 6.16 Å². The number of rotatable bonds is 1. The first kappa shape index (κ1) is 11.3. The molecule has 2 rings (SSSR count). The van der Waals surface area contributed by atoms with Gasteiger partial charge in [-0.3, -0.25) is 0 Å². The summed E-state index contributed by atoms with van der Waals surface area (Å²) in [5, 5.41) is 0. The number of carbonyl (C=O) groups is 1. The van der Waals surface area contributed by atoms with E-state index < -0.39 is 6.16 Å². The first-order valence-corrected chi connectivity index (χ1v) is 4.73. The average Bonchev–Trinajstić information content (AvgIpc) is 2.65. The van der Waals surface area contributed by atoms with Crippen LogP contribution in [0.5, 0.6) is 0 Å². The molecule has 1 fully saturated rings. The van der Waals surface area contributed by atoms with Gasteiger partial charge < -0.3 is 9.47 Å². The van der Waals surface area contributed by atoms with E-state index in [1.165, 1.54) is 5.56 Å². The molecule has 80 valence electrons. The summed E-state index contributed by atoms with van der Waals surface area (Å²) >= 11 is 0. The highest BCUT2D eigenvalue weighted by Crippen LogP contribution is 2.02. The predicted molar refractivity (Wildman–Crippen MR) is 58.4 cm³/mol. The number of ether oxygens (including phenoxy) is 2. The van der Waals surface area contributed by atoms with Crippen LogP contribution in [-0.2, 0) is 9.47 Å². The molecule has 1 heterocycles. The molecule has 0 spiro atoms. The summed E-state index contributed by atoms with van der Waals surface area (Å²) in [6, 6.07) is 10.0. The molecule has 15 heavy (non-hydrogen) atoms. The van der Waals surface area contributed by atoms with Gasteiger partial charge in [0.1, 0.15) is 12.7 Å². The largest absolute Gasteiger partial charge is 0.508 e. The van der Waals surface area contributed by atoms with Gasteiger partial charge in [-0.1, -0.05) is 43.0 Å². The van der Waals surface area contributed by atoms with E-state index in [1.807, 2.05) is 36.4 Å². The molecule has 1 saturated heterocycles. The van der Waals surface area contributed by atoms with Gasteiger partial charge in [0.25, 0.3) is 0 Å². The van der Waals surface area contributed by atoms with Gasteiger partial charge in [0.15, 0.2) is 0 Å². The van der Waals surface area contributed by atoms with Crippen LogP contribution in [0.2, 0.25) is 0 Å². The van der Waals surface area contributed by atoms with Crippen molar-refractivity contribution in [3.8, 4) is 0 Å². The molecule has 0 aromatic heterocycles. The lowest BCUT2D eigenvalue weighted by Crippen LogP contribution is -2.01. The fourth-order valence-electron chi connectivity index (χ4n) is 1.01. The van der Waals surface area contributed by atoms with Crippen LogP contribution < -0.4 is 0 Å². The Balaban J connectivity index is 0.000000151. The van der Waals surface area contributed by atoms with Crippen LogP contribution in [0.15, 0.2) is 36.9 Å². The van der Waals surface area contributed by atoms with Crippen molar-refractivity contribution >= 4 is 12.2 Å². The quantitative estimate of drug-likeness (QED) is 0.663. The molecule has 1 aromatic rings. The smallest absolute Gasteiger partial charge is 0.430 e. The summed E-state index contributed by atoms with van der Waals surface area (Å²) in [7, 11) is 0. The van der Waals surface area contributed by atoms with Crippen molar-refractivity contribution in [2.45, 2.75) is 13.0 Å². The topological polar surface area (TPSA) is 35.5 Å². The summed E-state index contributed by atoms with van der Waals surface area (Å²) in [6.45, 7) is 5.82. The zero-order valence-electron chi connectivity index (χ0n) is 8.68. The standard InChI is InChI=1S/C8H8.C4H6O3/c1-2-8-6-4-3-5-7-8;1-3-2-6-4(5)7-3/h2-7H,1H2;3H,2H2,1H3. The number of hydrogen-bond acceptors (Lipinski definition) is 3. The van der Waals surface area contributed by atoms with Gasteiger partial charge in [-0.2, -0.15) is 0 Å². The highest BCUT2D eigenvalue weighted by molar-refractivity contribution is 5.61. The Morgan fingerprint density at radius 3 is 2.33 bits per heavy atom. The highest BCUT2D eigenvalue weighted by atomic mass is 16.8. The molecule has 3 nitrogen and oxygen atoms in total. The van der Waals surface area contributed by atoms with Crippen LogP contribution in [0.25, 0.3) is 6.08 Å². The van der Waals surface area contributed by atoms with Gasteiger partial charge in [0.05, 0.1) is 0 Å². The van der Waals surface area contributed by atoms with Crippen molar-refractivity contribution in [3.05, 3.63) is 42.5 Å². The van der Waals surface area contributed by atoms with Gasteiger partial charge in [-0.05, 0) is 12.5 Å². The Kier molecular flexibility index (Phi) is 4.41. The molecule has 1 atom stereocenters. The van der Waals surface area contributed by atoms with E-state index >= 15 is 0 Å². The maximum absolute atomic E-state index is 10.0. The zero-order chi connectivity index (χ0) is 11.1. The molecule has 1 aliphatic heterocycles. The van der Waals surface area contributed by atoms with Crippen molar-refractivity contribution in [2.24, 2.45) is 0 Å². The van der Waals surface area contributed by atoms with Crippen LogP contribution in [0.3, 0.4) is 0 Å². The minimum atomic E-state index is -0.549. The van der Waals surface area contributed by atoms with Crippen molar-refractivity contribution in [3.63, 3.8) is 0 Å². The fourth-order valence-corrected chi connectivity index (χ4v) is 1.01.